The summed E-state index contributed by atoms with van der Waals surface area (Å²) in [5.74, 6) is 0. The van der Waals surface area contributed by atoms with Gasteiger partial charge in [-0.15, -0.1) is 12.6 Å². The van der Waals surface area contributed by atoms with E-state index in [0.29, 0.717) is 0 Å². The second-order valence-electron chi connectivity index (χ2n) is 3.79. The summed E-state index contributed by atoms with van der Waals surface area (Å²) >= 11 is 4.20. The number of nitrogens with one attached hydrogen (secondary N) is 1. The zero-order chi connectivity index (χ0) is 11.0. The van der Waals surface area contributed by atoms with Gasteiger partial charge in [0.2, 0.25) is 0 Å². The number of benzene rings is 1. The van der Waals surface area contributed by atoms with Crippen molar-refractivity contribution in [1.29, 1.82) is 0 Å². The molecule has 1 aromatic carbocycles. The highest BCUT2D eigenvalue weighted by Gasteiger charge is 2.04. The molecule has 0 aliphatic carbocycles. The minimum atomic E-state index is 0.778. The lowest BCUT2D eigenvalue weighted by Gasteiger charge is -2.02. The number of aryl methyl sites for hydroxylation is 2. The van der Waals surface area contributed by atoms with Crippen LogP contribution in [0, 0.1) is 13.8 Å². The van der Waals surface area contributed by atoms with Crippen LogP contribution in [0.1, 0.15) is 18.2 Å². The van der Waals surface area contributed by atoms with Crippen molar-refractivity contribution in [3.8, 4) is 0 Å². The monoisotopic (exact) mass is 218 g/mol. The smallest absolute Gasteiger partial charge is 0.0689 e. The van der Waals surface area contributed by atoms with Crippen molar-refractivity contribution >= 4 is 34.3 Å². The predicted molar refractivity (Wildman–Crippen MR) is 69.5 cm³/mol. The highest BCUT2D eigenvalue weighted by Crippen LogP contribution is 2.27. The summed E-state index contributed by atoms with van der Waals surface area (Å²) in [5.41, 5.74) is 4.51. The van der Waals surface area contributed by atoms with Gasteiger partial charge in [-0.1, -0.05) is 6.07 Å². The first-order chi connectivity index (χ1) is 7.08. The molecule has 1 heterocycles. The topological polar surface area (TPSA) is 28.1 Å². The van der Waals surface area contributed by atoms with Crippen LogP contribution in [0.2, 0.25) is 0 Å². The molecule has 0 fully saturated rings. The molecule has 0 atom stereocenters. The Morgan fingerprint density at radius 2 is 2.07 bits per heavy atom. The average molecular weight is 218 g/mol. The molecule has 0 aliphatic rings. The van der Waals surface area contributed by atoms with Crippen LogP contribution in [0.3, 0.4) is 0 Å². The molecule has 0 spiro atoms. The molecule has 78 valence electrons. The van der Waals surface area contributed by atoms with Gasteiger partial charge >= 0.3 is 0 Å². The molecule has 0 unspecified atom stereocenters. The number of aliphatic imine (C=N–C) groups is 1. The van der Waals surface area contributed by atoms with Crippen LogP contribution in [-0.4, -0.2) is 10.0 Å². The molecule has 15 heavy (non-hydrogen) atoms. The maximum atomic E-state index is 4.38. The maximum absolute atomic E-state index is 4.38. The molecule has 0 saturated heterocycles. The summed E-state index contributed by atoms with van der Waals surface area (Å²) in [7, 11) is 0. The number of fused-ring (bicyclic) bond motifs is 1. The Labute approximate surface area is 94.8 Å². The lowest BCUT2D eigenvalue weighted by molar-refractivity contribution is 1.28. The highest BCUT2D eigenvalue weighted by molar-refractivity contribution is 7.96. The van der Waals surface area contributed by atoms with Gasteiger partial charge in [-0.25, -0.2) is 4.99 Å². The lowest BCUT2D eigenvalue weighted by Crippen LogP contribution is -1.81. The second kappa shape index (κ2) is 3.74. The predicted octanol–water partition coefficient (Wildman–Crippen LogP) is 3.76. The highest BCUT2D eigenvalue weighted by atomic mass is 32.1. The Balaban J connectivity index is 2.69. The summed E-state index contributed by atoms with van der Waals surface area (Å²) in [6.45, 7) is 6.02. The zero-order valence-corrected chi connectivity index (χ0v) is 10.0. The van der Waals surface area contributed by atoms with E-state index < -0.39 is 0 Å². The molecule has 2 nitrogen and oxygen atoms in total. The molecule has 3 heteroatoms. The van der Waals surface area contributed by atoms with Crippen molar-refractivity contribution in [3.63, 3.8) is 0 Å². The molecule has 1 aromatic heterocycles. The molecule has 0 saturated carbocycles. The van der Waals surface area contributed by atoms with Gasteiger partial charge in [-0.2, -0.15) is 0 Å². The molecule has 2 aromatic rings. The molecule has 2 rings (SSSR count). The quantitative estimate of drug-likeness (QED) is 0.414. The summed E-state index contributed by atoms with van der Waals surface area (Å²) in [5, 5.41) is 2.02. The van der Waals surface area contributed by atoms with Crippen LogP contribution < -0.4 is 0 Å². The van der Waals surface area contributed by atoms with Crippen molar-refractivity contribution in [2.75, 3.05) is 0 Å². The van der Waals surface area contributed by atoms with Crippen molar-refractivity contribution in [2.24, 2.45) is 4.99 Å². The van der Waals surface area contributed by atoms with Gasteiger partial charge in [-0.3, -0.25) is 0 Å². The van der Waals surface area contributed by atoms with Gasteiger partial charge < -0.3 is 4.98 Å². The first-order valence-corrected chi connectivity index (χ1v) is 5.36. The molecular formula is C12H14N2S. The van der Waals surface area contributed by atoms with Crippen LogP contribution in [0.25, 0.3) is 10.9 Å². The lowest BCUT2D eigenvalue weighted by atomic mass is 10.1. The number of hydrogen-bond acceptors (Lipinski definition) is 1. The number of rotatable bonds is 1. The largest absolute Gasteiger partial charge is 0.358 e. The number of thiol groups is 1. The maximum Gasteiger partial charge on any atom is 0.0689 e. The van der Waals surface area contributed by atoms with E-state index in [4.69, 9.17) is 0 Å². The van der Waals surface area contributed by atoms with E-state index in [2.05, 4.69) is 48.6 Å². The standard InChI is InChI=1S/C12H14N2S/c1-7-6-10-4-5-11(14-9(3)15)8(2)12(10)13-7/h4-6,13H,1-3H3,(H,14,15). The Morgan fingerprint density at radius 1 is 1.33 bits per heavy atom. The third kappa shape index (κ3) is 1.92. The fourth-order valence-electron chi connectivity index (χ4n) is 1.77. The van der Waals surface area contributed by atoms with Gasteiger partial charge in [0.05, 0.1) is 16.2 Å². The van der Waals surface area contributed by atoms with E-state index in [0.717, 1.165) is 10.7 Å². The minimum Gasteiger partial charge on any atom is -0.358 e. The molecule has 0 radical (unpaired) electrons. The number of nitrogens with zero attached hydrogens (tertiary/aromatic N) is 1. The summed E-state index contributed by atoms with van der Waals surface area (Å²) in [4.78, 5) is 7.73. The molecular weight excluding hydrogens is 204 g/mol. The Morgan fingerprint density at radius 3 is 2.73 bits per heavy atom. The van der Waals surface area contributed by atoms with E-state index in [1.54, 1.807) is 0 Å². The number of H-pyrrole nitrogens is 1. The summed E-state index contributed by atoms with van der Waals surface area (Å²) < 4.78 is 0. The van der Waals surface area contributed by atoms with Gasteiger partial charge in [0, 0.05) is 11.1 Å². The summed E-state index contributed by atoms with van der Waals surface area (Å²) in [6, 6.07) is 6.26. The fraction of sp³-hybridized carbons (Fsp3) is 0.250. The fourth-order valence-corrected chi connectivity index (χ4v) is 1.88. The number of aromatic nitrogens is 1. The summed E-state index contributed by atoms with van der Waals surface area (Å²) in [6.07, 6.45) is 0. The van der Waals surface area contributed by atoms with Crippen LogP contribution in [0.15, 0.2) is 23.2 Å². The van der Waals surface area contributed by atoms with Gasteiger partial charge in [0.15, 0.2) is 0 Å². The van der Waals surface area contributed by atoms with E-state index in [1.807, 2.05) is 13.0 Å². The zero-order valence-electron chi connectivity index (χ0n) is 9.13. The number of hydrogen-bond donors (Lipinski definition) is 2. The van der Waals surface area contributed by atoms with Crippen LogP contribution in [-0.2, 0) is 0 Å². The number of aromatic amines is 1. The Bertz CT molecular complexity index is 534. The van der Waals surface area contributed by atoms with E-state index >= 15 is 0 Å². The van der Waals surface area contributed by atoms with Gasteiger partial charge in [-0.05, 0) is 38.5 Å². The SMILES string of the molecule is C/C(S)=N/c1ccc2cc(C)[nH]c2c1C. The first kappa shape index (κ1) is 10.3. The van der Waals surface area contributed by atoms with E-state index in [-0.39, 0.29) is 0 Å². The van der Waals surface area contributed by atoms with Crippen LogP contribution in [0.4, 0.5) is 5.69 Å². The first-order valence-electron chi connectivity index (χ1n) is 4.91. The molecule has 0 bridgehead atoms. The van der Waals surface area contributed by atoms with Gasteiger partial charge in [0.25, 0.3) is 0 Å². The van der Waals surface area contributed by atoms with E-state index in [1.165, 1.54) is 22.2 Å². The molecule has 0 aliphatic heterocycles. The van der Waals surface area contributed by atoms with Crippen LogP contribution >= 0.6 is 12.6 Å². The molecule has 1 N–H and O–H groups in total. The van der Waals surface area contributed by atoms with Crippen molar-refractivity contribution in [3.05, 3.63) is 29.5 Å². The Kier molecular flexibility index (Phi) is 2.57. The second-order valence-corrected chi connectivity index (χ2v) is 4.43. The van der Waals surface area contributed by atoms with Crippen molar-refractivity contribution in [2.45, 2.75) is 20.8 Å². The van der Waals surface area contributed by atoms with E-state index in [9.17, 15) is 0 Å². The average Bonchev–Trinajstić information content (AvgIpc) is 2.51. The van der Waals surface area contributed by atoms with Crippen molar-refractivity contribution < 1.29 is 0 Å². The molecule has 0 amide bonds. The normalized spacial score (nSPS) is 12.4. The third-order valence-corrected chi connectivity index (χ3v) is 2.55. The minimum absolute atomic E-state index is 0.778. The Hall–Kier alpha value is -1.22. The van der Waals surface area contributed by atoms with Crippen LogP contribution in [0.5, 0.6) is 0 Å². The van der Waals surface area contributed by atoms with Crippen molar-refractivity contribution in [1.82, 2.24) is 4.98 Å². The van der Waals surface area contributed by atoms with Gasteiger partial charge in [0.1, 0.15) is 0 Å². The third-order valence-electron chi connectivity index (χ3n) is 2.45.